The number of nitrogens with zero attached hydrogens (tertiary/aromatic N) is 5. The second-order valence-electron chi connectivity index (χ2n) is 8.23. The van der Waals surface area contributed by atoms with Crippen LogP contribution in [-0.2, 0) is 17.9 Å². The number of hydrogen-bond donors (Lipinski definition) is 0. The van der Waals surface area contributed by atoms with E-state index in [4.69, 9.17) is 16.6 Å². The average molecular weight is 398 g/mol. The Morgan fingerprint density at radius 1 is 1.18 bits per heavy atom. The SMILES string of the molecule is Cc1nc2c(c(C)c1Cl)CN(C(=O)C1CCN(c3ccnc(C4CC4)n3)C1)C2. The van der Waals surface area contributed by atoms with Crippen molar-refractivity contribution in [3.8, 4) is 0 Å². The highest BCUT2D eigenvalue weighted by molar-refractivity contribution is 6.32. The van der Waals surface area contributed by atoms with Gasteiger partial charge in [0.25, 0.3) is 0 Å². The molecular weight excluding hydrogens is 374 g/mol. The molecule has 1 amide bonds. The summed E-state index contributed by atoms with van der Waals surface area (Å²) in [5.74, 6) is 2.66. The molecule has 2 aliphatic heterocycles. The summed E-state index contributed by atoms with van der Waals surface area (Å²) in [5, 5.41) is 0.718. The molecule has 3 aliphatic rings. The lowest BCUT2D eigenvalue weighted by Gasteiger charge is -2.21. The Morgan fingerprint density at radius 3 is 2.79 bits per heavy atom. The van der Waals surface area contributed by atoms with Crippen LogP contribution in [0.5, 0.6) is 0 Å². The van der Waals surface area contributed by atoms with Crippen LogP contribution in [0.1, 0.15) is 53.5 Å². The second-order valence-corrected chi connectivity index (χ2v) is 8.61. The van der Waals surface area contributed by atoms with Gasteiger partial charge in [-0.25, -0.2) is 9.97 Å². The third kappa shape index (κ3) is 3.04. The second kappa shape index (κ2) is 6.69. The van der Waals surface area contributed by atoms with E-state index in [2.05, 4.69) is 14.9 Å². The minimum atomic E-state index is 0.00512. The summed E-state index contributed by atoms with van der Waals surface area (Å²) in [6.07, 6.45) is 5.09. The van der Waals surface area contributed by atoms with Crippen molar-refractivity contribution in [2.24, 2.45) is 5.92 Å². The maximum absolute atomic E-state index is 13.2. The van der Waals surface area contributed by atoms with Crippen molar-refractivity contribution >= 4 is 23.3 Å². The first kappa shape index (κ1) is 17.9. The molecule has 1 saturated heterocycles. The lowest BCUT2D eigenvalue weighted by Crippen LogP contribution is -2.34. The minimum Gasteiger partial charge on any atom is -0.356 e. The van der Waals surface area contributed by atoms with Crippen LogP contribution in [0.4, 0.5) is 5.82 Å². The van der Waals surface area contributed by atoms with E-state index in [1.54, 1.807) is 0 Å². The van der Waals surface area contributed by atoms with E-state index in [0.29, 0.717) is 19.0 Å². The topological polar surface area (TPSA) is 62.2 Å². The fourth-order valence-electron chi connectivity index (χ4n) is 4.37. The van der Waals surface area contributed by atoms with Crippen LogP contribution >= 0.6 is 11.6 Å². The first-order valence-corrected chi connectivity index (χ1v) is 10.4. The summed E-state index contributed by atoms with van der Waals surface area (Å²) in [6, 6.07) is 1.96. The van der Waals surface area contributed by atoms with Crippen LogP contribution in [0.3, 0.4) is 0 Å². The average Bonchev–Trinajstić information content (AvgIpc) is 3.28. The third-order valence-electron chi connectivity index (χ3n) is 6.22. The monoisotopic (exact) mass is 397 g/mol. The Kier molecular flexibility index (Phi) is 4.27. The summed E-state index contributed by atoms with van der Waals surface area (Å²) in [7, 11) is 0. The highest BCUT2D eigenvalue weighted by Gasteiger charge is 2.36. The molecule has 4 heterocycles. The Labute approximate surface area is 169 Å². The smallest absolute Gasteiger partial charge is 0.228 e. The number of carbonyl (C=O) groups is 1. The van der Waals surface area contributed by atoms with Crippen molar-refractivity contribution in [2.75, 3.05) is 18.0 Å². The standard InChI is InChI=1S/C21H24ClN5O/c1-12-16-10-27(11-17(16)24-13(2)19(12)22)21(28)15-6-8-26(9-15)18-5-7-23-20(25-18)14-3-4-14/h5,7,14-15H,3-4,6,8-11H2,1-2H3. The number of aromatic nitrogens is 3. The van der Waals surface area contributed by atoms with Crippen molar-refractivity contribution in [3.63, 3.8) is 0 Å². The van der Waals surface area contributed by atoms with Crippen LogP contribution in [-0.4, -0.2) is 38.8 Å². The minimum absolute atomic E-state index is 0.00512. The molecule has 0 spiro atoms. The Morgan fingerprint density at radius 2 is 2.00 bits per heavy atom. The highest BCUT2D eigenvalue weighted by atomic mass is 35.5. The largest absolute Gasteiger partial charge is 0.356 e. The summed E-state index contributed by atoms with van der Waals surface area (Å²) >= 11 is 6.36. The zero-order valence-electron chi connectivity index (χ0n) is 16.3. The molecule has 1 saturated carbocycles. The third-order valence-corrected chi connectivity index (χ3v) is 6.77. The summed E-state index contributed by atoms with van der Waals surface area (Å²) < 4.78 is 0. The molecular formula is C21H24ClN5O. The molecule has 1 unspecified atom stereocenters. The molecule has 2 aromatic rings. The first-order valence-electron chi connectivity index (χ1n) is 10.0. The van der Waals surface area contributed by atoms with E-state index in [0.717, 1.165) is 58.7 Å². The van der Waals surface area contributed by atoms with Gasteiger partial charge in [0.2, 0.25) is 5.91 Å². The van der Waals surface area contributed by atoms with Crippen LogP contribution in [0.2, 0.25) is 5.02 Å². The van der Waals surface area contributed by atoms with Crippen molar-refractivity contribution in [2.45, 2.75) is 52.1 Å². The van der Waals surface area contributed by atoms with Crippen LogP contribution in [0.15, 0.2) is 12.3 Å². The predicted molar refractivity (Wildman–Crippen MR) is 107 cm³/mol. The van der Waals surface area contributed by atoms with Crippen molar-refractivity contribution < 1.29 is 4.79 Å². The predicted octanol–water partition coefficient (Wildman–Crippen LogP) is 3.39. The fraction of sp³-hybridized carbons (Fsp3) is 0.524. The fourth-order valence-corrected chi connectivity index (χ4v) is 4.53. The zero-order chi connectivity index (χ0) is 19.4. The number of pyridine rings is 1. The van der Waals surface area contributed by atoms with E-state index in [1.165, 1.54) is 12.8 Å². The van der Waals surface area contributed by atoms with Crippen molar-refractivity contribution in [3.05, 3.63) is 45.6 Å². The first-order chi connectivity index (χ1) is 13.5. The number of halogens is 1. The normalized spacial score (nSPS) is 21.3. The van der Waals surface area contributed by atoms with Gasteiger partial charge < -0.3 is 9.80 Å². The molecule has 28 heavy (non-hydrogen) atoms. The van der Waals surface area contributed by atoms with Gasteiger partial charge in [0.1, 0.15) is 11.6 Å². The lowest BCUT2D eigenvalue weighted by atomic mass is 10.1. The van der Waals surface area contributed by atoms with E-state index < -0.39 is 0 Å². The maximum atomic E-state index is 13.2. The quantitative estimate of drug-likeness (QED) is 0.794. The molecule has 7 heteroatoms. The van der Waals surface area contributed by atoms with Crippen LogP contribution in [0, 0.1) is 19.8 Å². The van der Waals surface area contributed by atoms with Gasteiger partial charge in [-0.1, -0.05) is 11.6 Å². The Balaban J connectivity index is 1.28. The highest BCUT2D eigenvalue weighted by Crippen LogP contribution is 2.38. The molecule has 0 N–H and O–H groups in total. The van der Waals surface area contributed by atoms with Gasteiger partial charge in [-0.3, -0.25) is 9.78 Å². The molecule has 146 valence electrons. The molecule has 1 aliphatic carbocycles. The lowest BCUT2D eigenvalue weighted by molar-refractivity contribution is -0.135. The number of anilines is 1. The van der Waals surface area contributed by atoms with Gasteiger partial charge in [0.15, 0.2) is 0 Å². The molecule has 2 aromatic heterocycles. The molecule has 5 rings (SSSR count). The summed E-state index contributed by atoms with van der Waals surface area (Å²) in [5.41, 5.74) is 4.01. The van der Waals surface area contributed by atoms with Gasteiger partial charge in [0.05, 0.1) is 28.9 Å². The van der Waals surface area contributed by atoms with Gasteiger partial charge in [0, 0.05) is 31.7 Å². The van der Waals surface area contributed by atoms with Gasteiger partial charge in [-0.2, -0.15) is 0 Å². The van der Waals surface area contributed by atoms with E-state index in [9.17, 15) is 4.79 Å². The molecule has 0 radical (unpaired) electrons. The van der Waals surface area contributed by atoms with Crippen molar-refractivity contribution in [1.82, 2.24) is 19.9 Å². The molecule has 6 nitrogen and oxygen atoms in total. The number of carbonyl (C=O) groups excluding carboxylic acids is 1. The van der Waals surface area contributed by atoms with Crippen molar-refractivity contribution in [1.29, 1.82) is 0 Å². The molecule has 1 atom stereocenters. The molecule has 2 fully saturated rings. The Hall–Kier alpha value is -2.21. The van der Waals surface area contributed by atoms with Gasteiger partial charge in [-0.15, -0.1) is 0 Å². The number of hydrogen-bond acceptors (Lipinski definition) is 5. The number of amides is 1. The van der Waals surface area contributed by atoms with E-state index in [-0.39, 0.29) is 11.8 Å². The van der Waals surface area contributed by atoms with Crippen LogP contribution in [0.25, 0.3) is 0 Å². The van der Waals surface area contributed by atoms with Crippen LogP contribution < -0.4 is 4.90 Å². The molecule has 0 bridgehead atoms. The molecule has 0 aromatic carbocycles. The number of fused-ring (bicyclic) bond motifs is 1. The Bertz CT molecular complexity index is 958. The van der Waals surface area contributed by atoms with Gasteiger partial charge >= 0.3 is 0 Å². The van der Waals surface area contributed by atoms with Gasteiger partial charge in [-0.05, 0) is 50.3 Å². The van der Waals surface area contributed by atoms with E-state index in [1.807, 2.05) is 31.0 Å². The number of aryl methyl sites for hydroxylation is 1. The summed E-state index contributed by atoms with van der Waals surface area (Å²) in [6.45, 7) is 6.73. The zero-order valence-corrected chi connectivity index (χ0v) is 17.0. The summed E-state index contributed by atoms with van der Waals surface area (Å²) in [4.78, 5) is 31.1. The maximum Gasteiger partial charge on any atom is 0.228 e. The van der Waals surface area contributed by atoms with E-state index >= 15 is 0 Å². The number of rotatable bonds is 3.